The summed E-state index contributed by atoms with van der Waals surface area (Å²) in [5.74, 6) is 1.90. The van der Waals surface area contributed by atoms with Crippen LogP contribution >= 0.6 is 0 Å². The number of aliphatic hydroxyl groups is 1. The molecule has 4 N–H and O–H groups in total. The first-order valence-electron chi connectivity index (χ1n) is 9.32. The standard InChI is InChI=1S/C20H28N2O3/c1-16(23)17-3-5-18(6-4-17)20-8-7-19(25-20)15-21-9-2-10-22-11-13-24-14-12-22/h3-8,16,21,23H,2,9-15H2,1H3/p+2/t16-/m0/s1. The van der Waals surface area contributed by atoms with Crippen molar-refractivity contribution in [3.8, 4) is 11.3 Å². The Hall–Kier alpha value is -1.66. The van der Waals surface area contributed by atoms with Crippen LogP contribution in [0.2, 0.25) is 0 Å². The largest absolute Gasteiger partial charge is 0.455 e. The minimum Gasteiger partial charge on any atom is -0.455 e. The summed E-state index contributed by atoms with van der Waals surface area (Å²) in [5, 5.41) is 11.9. The van der Waals surface area contributed by atoms with Gasteiger partial charge in [-0.2, -0.15) is 0 Å². The molecule has 1 fully saturated rings. The average molecular weight is 346 g/mol. The van der Waals surface area contributed by atoms with Crippen LogP contribution in [0.5, 0.6) is 0 Å². The Kier molecular flexibility index (Phi) is 6.64. The Morgan fingerprint density at radius 2 is 1.88 bits per heavy atom. The number of benzene rings is 1. The third-order valence-corrected chi connectivity index (χ3v) is 4.82. The van der Waals surface area contributed by atoms with Gasteiger partial charge < -0.3 is 24.5 Å². The fraction of sp³-hybridized carbons (Fsp3) is 0.500. The average Bonchev–Trinajstić information content (AvgIpc) is 3.11. The van der Waals surface area contributed by atoms with Crippen molar-refractivity contribution in [2.24, 2.45) is 0 Å². The Labute approximate surface area is 149 Å². The first kappa shape index (κ1) is 18.1. The number of aliphatic hydroxyl groups excluding tert-OH is 1. The van der Waals surface area contributed by atoms with Crippen LogP contribution < -0.4 is 10.2 Å². The summed E-state index contributed by atoms with van der Waals surface area (Å²) in [6, 6.07) is 12.0. The third kappa shape index (κ3) is 5.41. The molecule has 25 heavy (non-hydrogen) atoms. The van der Waals surface area contributed by atoms with Gasteiger partial charge in [0.15, 0.2) is 5.76 Å². The van der Waals surface area contributed by atoms with E-state index in [2.05, 4.69) is 11.4 Å². The molecule has 3 rings (SSSR count). The van der Waals surface area contributed by atoms with Gasteiger partial charge in [0, 0.05) is 12.0 Å². The van der Waals surface area contributed by atoms with Gasteiger partial charge in [-0.3, -0.25) is 0 Å². The molecule has 1 aliphatic rings. The van der Waals surface area contributed by atoms with Gasteiger partial charge in [-0.25, -0.2) is 0 Å². The first-order valence-corrected chi connectivity index (χ1v) is 9.32. The van der Waals surface area contributed by atoms with Crippen LogP contribution in [0.1, 0.15) is 30.8 Å². The third-order valence-electron chi connectivity index (χ3n) is 4.82. The molecule has 2 aromatic rings. The number of hydrogen-bond acceptors (Lipinski definition) is 3. The summed E-state index contributed by atoms with van der Waals surface area (Å²) in [6.45, 7) is 9.13. The lowest BCUT2D eigenvalue weighted by Gasteiger charge is -2.23. The molecule has 2 heterocycles. The lowest BCUT2D eigenvalue weighted by atomic mass is 10.1. The maximum atomic E-state index is 9.58. The van der Waals surface area contributed by atoms with Crippen LogP contribution in [0.4, 0.5) is 0 Å². The highest BCUT2D eigenvalue weighted by atomic mass is 16.5. The number of ether oxygens (including phenoxy) is 1. The highest BCUT2D eigenvalue weighted by Crippen LogP contribution is 2.23. The molecule has 1 atom stereocenters. The highest BCUT2D eigenvalue weighted by molar-refractivity contribution is 5.58. The predicted molar refractivity (Wildman–Crippen MR) is 96.3 cm³/mol. The van der Waals surface area contributed by atoms with E-state index >= 15 is 0 Å². The monoisotopic (exact) mass is 346 g/mol. The van der Waals surface area contributed by atoms with E-state index in [1.807, 2.05) is 30.3 Å². The molecule has 0 aliphatic carbocycles. The molecular weight excluding hydrogens is 316 g/mol. The number of nitrogens with two attached hydrogens (primary N) is 1. The molecule has 0 bridgehead atoms. The predicted octanol–water partition coefficient (Wildman–Crippen LogP) is 0.369. The van der Waals surface area contributed by atoms with E-state index in [0.29, 0.717) is 0 Å². The van der Waals surface area contributed by atoms with E-state index in [-0.39, 0.29) is 0 Å². The van der Waals surface area contributed by atoms with Crippen molar-refractivity contribution in [1.82, 2.24) is 0 Å². The minimum atomic E-state index is -0.435. The van der Waals surface area contributed by atoms with Crippen LogP contribution in [0.15, 0.2) is 40.8 Å². The topological polar surface area (TPSA) is 63.7 Å². The molecule has 1 aliphatic heterocycles. The van der Waals surface area contributed by atoms with Gasteiger partial charge in [-0.15, -0.1) is 0 Å². The summed E-state index contributed by atoms with van der Waals surface area (Å²) in [4.78, 5) is 1.67. The zero-order valence-electron chi connectivity index (χ0n) is 15.0. The smallest absolute Gasteiger partial charge is 0.158 e. The van der Waals surface area contributed by atoms with Crippen LogP contribution in [0.25, 0.3) is 11.3 Å². The number of quaternary nitrogens is 2. The van der Waals surface area contributed by atoms with Crippen LogP contribution in [-0.2, 0) is 11.3 Å². The SMILES string of the molecule is C[C@H](O)c1ccc(-c2ccc(C[NH2+]CCC[NH+]3CCOCC3)o2)cc1. The molecule has 136 valence electrons. The van der Waals surface area contributed by atoms with Crippen LogP contribution in [-0.4, -0.2) is 44.5 Å². The van der Waals surface area contributed by atoms with Gasteiger partial charge >= 0.3 is 0 Å². The van der Waals surface area contributed by atoms with Crippen molar-refractivity contribution >= 4 is 0 Å². The summed E-state index contributed by atoms with van der Waals surface area (Å²) in [6.07, 6.45) is 0.791. The molecule has 5 nitrogen and oxygen atoms in total. The summed E-state index contributed by atoms with van der Waals surface area (Å²) < 4.78 is 11.3. The van der Waals surface area contributed by atoms with Crippen molar-refractivity contribution in [1.29, 1.82) is 0 Å². The van der Waals surface area contributed by atoms with Crippen molar-refractivity contribution in [3.63, 3.8) is 0 Å². The number of nitrogens with one attached hydrogen (secondary N) is 1. The first-order chi connectivity index (χ1) is 12.2. The zero-order chi connectivity index (χ0) is 17.5. The summed E-state index contributed by atoms with van der Waals surface area (Å²) >= 11 is 0. The van der Waals surface area contributed by atoms with Gasteiger partial charge in [0.05, 0.1) is 32.4 Å². The molecule has 1 aromatic carbocycles. The lowest BCUT2D eigenvalue weighted by Crippen LogP contribution is -3.14. The summed E-state index contributed by atoms with van der Waals surface area (Å²) in [5.41, 5.74) is 1.97. The Morgan fingerprint density at radius 3 is 2.60 bits per heavy atom. The van der Waals surface area contributed by atoms with E-state index in [0.717, 1.165) is 62.0 Å². The second-order valence-corrected chi connectivity index (χ2v) is 6.81. The molecule has 0 spiro atoms. The van der Waals surface area contributed by atoms with E-state index < -0.39 is 6.10 Å². The van der Waals surface area contributed by atoms with Gasteiger partial charge in [0.2, 0.25) is 0 Å². The number of furan rings is 1. The van der Waals surface area contributed by atoms with E-state index in [4.69, 9.17) is 9.15 Å². The minimum absolute atomic E-state index is 0.435. The van der Waals surface area contributed by atoms with Gasteiger partial charge in [-0.1, -0.05) is 24.3 Å². The van der Waals surface area contributed by atoms with Crippen molar-refractivity contribution in [2.45, 2.75) is 26.0 Å². The molecule has 0 unspecified atom stereocenters. The number of rotatable bonds is 8. The highest BCUT2D eigenvalue weighted by Gasteiger charge is 2.13. The second-order valence-electron chi connectivity index (χ2n) is 6.81. The summed E-state index contributed by atoms with van der Waals surface area (Å²) in [7, 11) is 0. The van der Waals surface area contributed by atoms with Gasteiger partial charge in [0.1, 0.15) is 25.4 Å². The number of morpholine rings is 1. The van der Waals surface area contributed by atoms with Crippen molar-refractivity contribution in [2.75, 3.05) is 39.4 Å². The van der Waals surface area contributed by atoms with E-state index in [1.165, 1.54) is 13.0 Å². The van der Waals surface area contributed by atoms with Crippen LogP contribution in [0.3, 0.4) is 0 Å². The fourth-order valence-electron chi connectivity index (χ4n) is 3.22. The molecule has 1 aromatic heterocycles. The molecule has 5 heteroatoms. The van der Waals surface area contributed by atoms with E-state index in [9.17, 15) is 5.11 Å². The Bertz CT molecular complexity index is 631. The second kappa shape index (κ2) is 9.15. The number of hydrogen-bond donors (Lipinski definition) is 3. The van der Waals surface area contributed by atoms with Gasteiger partial charge in [0.25, 0.3) is 0 Å². The van der Waals surface area contributed by atoms with E-state index in [1.54, 1.807) is 11.8 Å². The molecular formula is C20H30N2O3+2. The van der Waals surface area contributed by atoms with Crippen molar-refractivity contribution in [3.05, 3.63) is 47.7 Å². The quantitative estimate of drug-likeness (QED) is 0.605. The fourth-order valence-corrected chi connectivity index (χ4v) is 3.22. The van der Waals surface area contributed by atoms with Crippen LogP contribution in [0, 0.1) is 0 Å². The maximum Gasteiger partial charge on any atom is 0.158 e. The maximum absolute atomic E-state index is 9.58. The Balaban J connectivity index is 1.40. The molecule has 0 saturated carbocycles. The van der Waals surface area contributed by atoms with Gasteiger partial charge in [-0.05, 0) is 24.6 Å². The Morgan fingerprint density at radius 1 is 1.12 bits per heavy atom. The molecule has 1 saturated heterocycles. The molecule has 0 radical (unpaired) electrons. The zero-order valence-corrected chi connectivity index (χ0v) is 15.0. The lowest BCUT2D eigenvalue weighted by molar-refractivity contribution is -0.909. The van der Waals surface area contributed by atoms with Crippen molar-refractivity contribution < 1.29 is 24.5 Å². The normalized spacial score (nSPS) is 16.9. The molecule has 0 amide bonds.